The van der Waals surface area contributed by atoms with Gasteiger partial charge in [0.1, 0.15) is 5.75 Å². The van der Waals surface area contributed by atoms with Crippen LogP contribution in [0.4, 0.5) is 0 Å². The monoisotopic (exact) mass is 408 g/mol. The average Bonchev–Trinajstić information content (AvgIpc) is 2.70. The zero-order valence-electron chi connectivity index (χ0n) is 16.0. The molecule has 29 heavy (non-hydrogen) atoms. The lowest BCUT2D eigenvalue weighted by atomic mass is 10.1. The Morgan fingerprint density at radius 3 is 2.14 bits per heavy atom. The first kappa shape index (κ1) is 20.3. The van der Waals surface area contributed by atoms with Gasteiger partial charge in [-0.2, -0.15) is 13.5 Å². The molecule has 3 aromatic rings. The van der Waals surface area contributed by atoms with Gasteiger partial charge in [-0.05, 0) is 50.2 Å². The van der Waals surface area contributed by atoms with Crippen LogP contribution in [-0.2, 0) is 10.0 Å². The number of sulfonamides is 1. The minimum absolute atomic E-state index is 0.110. The minimum Gasteiger partial charge on any atom is -0.422 e. The topological polar surface area (TPSA) is 84.8 Å². The molecule has 0 aliphatic heterocycles. The van der Waals surface area contributed by atoms with Gasteiger partial charge in [0, 0.05) is 5.56 Å². The second kappa shape index (κ2) is 8.70. The number of hydrogen-bond acceptors (Lipinski definition) is 5. The highest BCUT2D eigenvalue weighted by Crippen LogP contribution is 2.18. The first-order valence-corrected chi connectivity index (χ1v) is 10.3. The third-order valence-corrected chi connectivity index (χ3v) is 5.36. The number of hydrazone groups is 1. The molecule has 3 rings (SSSR count). The fraction of sp³-hybridized carbons (Fsp3) is 0.0909. The Hall–Kier alpha value is -3.45. The van der Waals surface area contributed by atoms with Gasteiger partial charge in [0.05, 0.1) is 16.7 Å². The van der Waals surface area contributed by atoms with Gasteiger partial charge in [-0.3, -0.25) is 0 Å². The van der Waals surface area contributed by atoms with Crippen molar-refractivity contribution in [2.45, 2.75) is 18.7 Å². The summed E-state index contributed by atoms with van der Waals surface area (Å²) in [5.41, 5.74) is 2.87. The van der Waals surface area contributed by atoms with E-state index >= 15 is 0 Å². The highest BCUT2D eigenvalue weighted by molar-refractivity contribution is 7.89. The zero-order valence-corrected chi connectivity index (χ0v) is 16.8. The van der Waals surface area contributed by atoms with E-state index in [-0.39, 0.29) is 10.6 Å². The van der Waals surface area contributed by atoms with Crippen LogP contribution in [0.3, 0.4) is 0 Å². The smallest absolute Gasteiger partial charge is 0.343 e. The summed E-state index contributed by atoms with van der Waals surface area (Å²) >= 11 is 0. The predicted molar refractivity (Wildman–Crippen MR) is 112 cm³/mol. The van der Waals surface area contributed by atoms with Crippen LogP contribution in [0.1, 0.15) is 27.0 Å². The maximum Gasteiger partial charge on any atom is 0.343 e. The van der Waals surface area contributed by atoms with Crippen molar-refractivity contribution in [2.75, 3.05) is 0 Å². The van der Waals surface area contributed by atoms with Gasteiger partial charge in [-0.15, -0.1) is 0 Å². The number of aryl methyl sites for hydroxylation is 2. The molecule has 0 amide bonds. The SMILES string of the molecule is Cc1ccc(C(=O)Oc2ccccc2/C=N\NS(=O)(=O)c2ccc(C)cc2)cc1. The second-order valence-electron chi connectivity index (χ2n) is 6.46. The van der Waals surface area contributed by atoms with Crippen LogP contribution < -0.4 is 9.57 Å². The average molecular weight is 408 g/mol. The molecule has 0 atom stereocenters. The van der Waals surface area contributed by atoms with Crippen LogP contribution in [0.15, 0.2) is 82.8 Å². The minimum atomic E-state index is -3.79. The largest absolute Gasteiger partial charge is 0.422 e. The Morgan fingerprint density at radius 1 is 0.897 bits per heavy atom. The van der Waals surface area contributed by atoms with Crippen LogP contribution in [0.25, 0.3) is 0 Å². The Balaban J connectivity index is 1.74. The predicted octanol–water partition coefficient (Wildman–Crippen LogP) is 3.84. The van der Waals surface area contributed by atoms with Crippen molar-refractivity contribution >= 4 is 22.2 Å². The maximum absolute atomic E-state index is 12.3. The van der Waals surface area contributed by atoms with Gasteiger partial charge >= 0.3 is 5.97 Å². The quantitative estimate of drug-likeness (QED) is 0.291. The van der Waals surface area contributed by atoms with Crippen molar-refractivity contribution in [3.05, 3.63) is 95.1 Å². The number of nitrogens with zero attached hydrogens (tertiary/aromatic N) is 1. The molecule has 0 spiro atoms. The van der Waals surface area contributed by atoms with Gasteiger partial charge in [0.25, 0.3) is 10.0 Å². The molecule has 0 aliphatic rings. The lowest BCUT2D eigenvalue weighted by Crippen LogP contribution is -2.18. The summed E-state index contributed by atoms with van der Waals surface area (Å²) in [5.74, 6) is -0.234. The number of esters is 1. The molecule has 0 saturated heterocycles. The summed E-state index contributed by atoms with van der Waals surface area (Å²) in [4.78, 5) is 14.6. The van der Waals surface area contributed by atoms with Gasteiger partial charge in [0.15, 0.2) is 0 Å². The third-order valence-electron chi connectivity index (χ3n) is 4.12. The molecule has 1 N–H and O–H groups in total. The van der Waals surface area contributed by atoms with Gasteiger partial charge in [-0.1, -0.05) is 47.5 Å². The summed E-state index contributed by atoms with van der Waals surface area (Å²) in [7, 11) is -3.79. The van der Waals surface area contributed by atoms with Crippen LogP contribution in [-0.4, -0.2) is 20.6 Å². The number of ether oxygens (including phenoxy) is 1. The van der Waals surface area contributed by atoms with Crippen LogP contribution in [0, 0.1) is 13.8 Å². The summed E-state index contributed by atoms with van der Waals surface area (Å²) < 4.78 is 30.0. The number of carbonyl (C=O) groups is 1. The van der Waals surface area contributed by atoms with E-state index in [1.54, 1.807) is 48.5 Å². The molecule has 0 unspecified atom stereocenters. The third kappa shape index (κ3) is 5.30. The van der Waals surface area contributed by atoms with E-state index in [2.05, 4.69) is 9.93 Å². The Bertz CT molecular complexity index is 1140. The van der Waals surface area contributed by atoms with Crippen LogP contribution >= 0.6 is 0 Å². The Labute approximate surface area is 169 Å². The molecule has 0 fully saturated rings. The fourth-order valence-corrected chi connectivity index (χ4v) is 3.26. The zero-order chi connectivity index (χ0) is 20.9. The van der Waals surface area contributed by atoms with E-state index in [9.17, 15) is 13.2 Å². The summed E-state index contributed by atoms with van der Waals surface area (Å²) in [6, 6.07) is 20.2. The van der Waals surface area contributed by atoms with Crippen LogP contribution in [0.2, 0.25) is 0 Å². The van der Waals surface area contributed by atoms with E-state index in [0.717, 1.165) is 11.1 Å². The first-order chi connectivity index (χ1) is 13.8. The highest BCUT2D eigenvalue weighted by Gasteiger charge is 2.13. The van der Waals surface area contributed by atoms with E-state index in [0.29, 0.717) is 11.1 Å². The fourth-order valence-electron chi connectivity index (χ4n) is 2.46. The molecule has 3 aromatic carbocycles. The summed E-state index contributed by atoms with van der Waals surface area (Å²) in [6.45, 7) is 3.80. The molecule has 7 heteroatoms. The lowest BCUT2D eigenvalue weighted by molar-refractivity contribution is 0.0734. The molecule has 0 aromatic heterocycles. The standard InChI is InChI=1S/C22H20N2O4S/c1-16-7-11-18(12-8-16)22(25)28-21-6-4-3-5-19(21)15-23-24-29(26,27)20-13-9-17(2)10-14-20/h3-15,24H,1-2H3/b23-15-. The van der Waals surface area contributed by atoms with Crippen molar-refractivity contribution in [3.63, 3.8) is 0 Å². The first-order valence-electron chi connectivity index (χ1n) is 8.84. The van der Waals surface area contributed by atoms with E-state index in [4.69, 9.17) is 4.74 Å². The highest BCUT2D eigenvalue weighted by atomic mass is 32.2. The molecule has 0 radical (unpaired) electrons. The molecule has 148 valence electrons. The Kier molecular flexibility index (Phi) is 6.09. The number of para-hydroxylation sites is 1. The maximum atomic E-state index is 12.3. The lowest BCUT2D eigenvalue weighted by Gasteiger charge is -2.08. The van der Waals surface area contributed by atoms with Crippen molar-refractivity contribution in [1.82, 2.24) is 4.83 Å². The van der Waals surface area contributed by atoms with Gasteiger partial charge in [-0.25, -0.2) is 9.63 Å². The summed E-state index contributed by atoms with van der Waals surface area (Å²) in [5, 5.41) is 3.81. The molecule has 0 aliphatic carbocycles. The van der Waals surface area contributed by atoms with E-state index in [1.165, 1.54) is 18.3 Å². The number of carbonyl (C=O) groups excluding carboxylic acids is 1. The number of rotatable bonds is 6. The molecule has 0 bridgehead atoms. The number of benzene rings is 3. The molecular formula is C22H20N2O4S. The molecule has 6 nitrogen and oxygen atoms in total. The van der Waals surface area contributed by atoms with Crippen molar-refractivity contribution < 1.29 is 17.9 Å². The van der Waals surface area contributed by atoms with Crippen LogP contribution in [0.5, 0.6) is 5.75 Å². The van der Waals surface area contributed by atoms with E-state index in [1.807, 2.05) is 26.0 Å². The molecular weight excluding hydrogens is 388 g/mol. The number of nitrogens with one attached hydrogen (secondary N) is 1. The van der Waals surface area contributed by atoms with Gasteiger partial charge < -0.3 is 4.74 Å². The molecule has 0 saturated carbocycles. The number of hydrogen-bond donors (Lipinski definition) is 1. The summed E-state index contributed by atoms with van der Waals surface area (Å²) in [6.07, 6.45) is 1.30. The Morgan fingerprint density at radius 2 is 1.48 bits per heavy atom. The van der Waals surface area contributed by atoms with Gasteiger partial charge in [0.2, 0.25) is 0 Å². The second-order valence-corrected chi connectivity index (χ2v) is 8.12. The van der Waals surface area contributed by atoms with Crippen molar-refractivity contribution in [1.29, 1.82) is 0 Å². The van der Waals surface area contributed by atoms with Crippen molar-refractivity contribution in [3.8, 4) is 5.75 Å². The molecule has 0 heterocycles. The van der Waals surface area contributed by atoms with Crippen molar-refractivity contribution in [2.24, 2.45) is 5.10 Å². The van der Waals surface area contributed by atoms with E-state index < -0.39 is 16.0 Å². The normalized spacial score (nSPS) is 11.4.